The monoisotopic (exact) mass is 625 g/mol. The Morgan fingerprint density at radius 3 is 2.41 bits per heavy atom. The molecule has 0 radical (unpaired) electrons. The number of rotatable bonds is 15. The number of ether oxygens (including phenoxy) is 4. The number of alkyl halides is 2. The minimum atomic E-state index is -2.98. The average molecular weight is 626 g/mol. The molecule has 236 valence electrons. The first-order valence-electron chi connectivity index (χ1n) is 15.1. The zero-order valence-corrected chi connectivity index (χ0v) is 27.0. The van der Waals surface area contributed by atoms with Crippen molar-refractivity contribution in [1.82, 2.24) is 14.3 Å². The van der Waals surface area contributed by atoms with Crippen LogP contribution in [0.5, 0.6) is 11.5 Å². The maximum atomic E-state index is 14.0. The van der Waals surface area contributed by atoms with Crippen LogP contribution in [0.4, 0.5) is 8.78 Å². The Morgan fingerprint density at radius 1 is 1.00 bits per heavy atom. The molecule has 0 bridgehead atoms. The van der Waals surface area contributed by atoms with Crippen molar-refractivity contribution in [2.75, 3.05) is 6.61 Å². The first-order valence-corrected chi connectivity index (χ1v) is 18.8. The summed E-state index contributed by atoms with van der Waals surface area (Å²) in [6.07, 6.45) is 3.35. The Labute approximate surface area is 257 Å². The van der Waals surface area contributed by atoms with E-state index in [1.807, 2.05) is 48.7 Å². The maximum absolute atomic E-state index is 14.0. The number of halogens is 2. The van der Waals surface area contributed by atoms with Crippen molar-refractivity contribution in [3.8, 4) is 22.8 Å². The number of aromatic nitrogens is 3. The van der Waals surface area contributed by atoms with E-state index in [4.69, 9.17) is 18.9 Å². The molecule has 5 rings (SSSR count). The third-order valence-electron chi connectivity index (χ3n) is 7.48. The summed E-state index contributed by atoms with van der Waals surface area (Å²) in [5.41, 5.74) is 3.63. The fourth-order valence-electron chi connectivity index (χ4n) is 5.09. The second kappa shape index (κ2) is 13.6. The van der Waals surface area contributed by atoms with E-state index < -0.39 is 14.7 Å². The largest absolute Gasteiger partial charge is 0.487 e. The molecule has 1 fully saturated rings. The highest BCUT2D eigenvalue weighted by molar-refractivity contribution is 6.76. The minimum Gasteiger partial charge on any atom is -0.487 e. The van der Waals surface area contributed by atoms with Gasteiger partial charge < -0.3 is 23.5 Å². The lowest BCUT2D eigenvalue weighted by molar-refractivity contribution is -0.0516. The predicted octanol–water partition coefficient (Wildman–Crippen LogP) is 7.62. The standard InChI is InChI=1S/C33H41F2N3O5Si/c1-22(2)29-30-26(18-36-38(32(30)39)21-40-15-16-44(3,4)5)37(20-41-19-23-9-7-6-8-10-23)31(29)24-11-14-27(43-33(34)35)28(17-24)42-25-12-13-25/h6-11,14,17-18,22,25,33H,12-13,15-16,19-21H2,1-5H3. The topological polar surface area (TPSA) is 76.7 Å². The summed E-state index contributed by atoms with van der Waals surface area (Å²) in [6.45, 7) is 9.02. The summed E-state index contributed by atoms with van der Waals surface area (Å²) >= 11 is 0. The van der Waals surface area contributed by atoms with Gasteiger partial charge in [-0.2, -0.15) is 13.9 Å². The molecule has 0 unspecified atom stereocenters. The van der Waals surface area contributed by atoms with E-state index in [0.717, 1.165) is 35.7 Å². The molecule has 1 aliphatic carbocycles. The Bertz CT molecular complexity index is 1630. The Kier molecular flexibility index (Phi) is 9.86. The summed E-state index contributed by atoms with van der Waals surface area (Å²) in [4.78, 5) is 14.0. The number of hydrogen-bond donors (Lipinski definition) is 0. The molecule has 2 aromatic heterocycles. The molecule has 1 saturated carbocycles. The van der Waals surface area contributed by atoms with Crippen molar-refractivity contribution in [1.29, 1.82) is 0 Å². The minimum absolute atomic E-state index is 0.0239. The van der Waals surface area contributed by atoms with Gasteiger partial charge in [0.2, 0.25) is 0 Å². The molecule has 0 amide bonds. The summed E-state index contributed by atoms with van der Waals surface area (Å²) in [5.74, 6) is 0.154. The molecule has 0 N–H and O–H groups in total. The number of nitrogens with zero attached hydrogens (tertiary/aromatic N) is 3. The highest BCUT2D eigenvalue weighted by atomic mass is 28.3. The van der Waals surface area contributed by atoms with Crippen LogP contribution in [0.15, 0.2) is 59.5 Å². The lowest BCUT2D eigenvalue weighted by Gasteiger charge is -2.17. The molecule has 0 atom stereocenters. The Hall–Kier alpha value is -3.54. The fourth-order valence-corrected chi connectivity index (χ4v) is 5.84. The Morgan fingerprint density at radius 2 is 1.75 bits per heavy atom. The van der Waals surface area contributed by atoms with Crippen LogP contribution in [-0.4, -0.2) is 41.7 Å². The van der Waals surface area contributed by atoms with E-state index in [-0.39, 0.29) is 42.5 Å². The van der Waals surface area contributed by atoms with Gasteiger partial charge in [-0.05, 0) is 54.1 Å². The molecule has 2 aromatic carbocycles. The lowest BCUT2D eigenvalue weighted by atomic mass is 9.96. The summed E-state index contributed by atoms with van der Waals surface area (Å²) < 4.78 is 52.6. The van der Waals surface area contributed by atoms with Crippen LogP contribution < -0.4 is 15.0 Å². The lowest BCUT2D eigenvalue weighted by Crippen LogP contribution is -2.26. The van der Waals surface area contributed by atoms with Gasteiger partial charge in [-0.1, -0.05) is 63.8 Å². The SMILES string of the molecule is CC(C)c1c(-c2ccc(OC(F)F)c(OC3CC3)c2)n(COCc2ccccc2)c2cnn(COCC[Si](C)(C)C)c(=O)c12. The van der Waals surface area contributed by atoms with Crippen LogP contribution >= 0.6 is 0 Å². The molecule has 8 nitrogen and oxygen atoms in total. The average Bonchev–Trinajstić information content (AvgIpc) is 3.72. The second-order valence-electron chi connectivity index (χ2n) is 12.7. The van der Waals surface area contributed by atoms with Gasteiger partial charge >= 0.3 is 6.61 Å². The van der Waals surface area contributed by atoms with Crippen molar-refractivity contribution in [3.63, 3.8) is 0 Å². The van der Waals surface area contributed by atoms with Gasteiger partial charge in [-0.25, -0.2) is 4.68 Å². The van der Waals surface area contributed by atoms with E-state index in [9.17, 15) is 13.6 Å². The predicted molar refractivity (Wildman–Crippen MR) is 169 cm³/mol. The van der Waals surface area contributed by atoms with Crippen LogP contribution in [0.1, 0.15) is 43.7 Å². The molecule has 11 heteroatoms. The fraction of sp³-hybridized carbons (Fsp3) is 0.455. The zero-order valence-electron chi connectivity index (χ0n) is 26.0. The van der Waals surface area contributed by atoms with Crippen molar-refractivity contribution >= 4 is 19.0 Å². The Balaban J connectivity index is 1.60. The van der Waals surface area contributed by atoms with Gasteiger partial charge in [0.25, 0.3) is 5.56 Å². The zero-order chi connectivity index (χ0) is 31.4. The highest BCUT2D eigenvalue weighted by Crippen LogP contribution is 2.42. The van der Waals surface area contributed by atoms with E-state index >= 15 is 0 Å². The number of hydrogen-bond acceptors (Lipinski definition) is 6. The van der Waals surface area contributed by atoms with Gasteiger partial charge in [0.05, 0.1) is 35.5 Å². The van der Waals surface area contributed by atoms with Gasteiger partial charge in [-0.15, -0.1) is 0 Å². The van der Waals surface area contributed by atoms with E-state index in [1.54, 1.807) is 18.3 Å². The van der Waals surface area contributed by atoms with Crippen LogP contribution in [0, 0.1) is 0 Å². The van der Waals surface area contributed by atoms with Crippen LogP contribution in [0.25, 0.3) is 22.2 Å². The van der Waals surface area contributed by atoms with E-state index in [1.165, 1.54) is 10.7 Å². The number of fused-ring (bicyclic) bond motifs is 1. The molecule has 0 spiro atoms. The van der Waals surface area contributed by atoms with Crippen molar-refractivity contribution < 1.29 is 27.7 Å². The highest BCUT2D eigenvalue weighted by Gasteiger charge is 2.28. The molecular weight excluding hydrogens is 584 g/mol. The van der Waals surface area contributed by atoms with Crippen molar-refractivity contribution in [3.05, 3.63) is 76.2 Å². The quantitative estimate of drug-likeness (QED) is 0.1000. The third-order valence-corrected chi connectivity index (χ3v) is 9.18. The van der Waals surface area contributed by atoms with Crippen LogP contribution in [0.2, 0.25) is 25.7 Å². The van der Waals surface area contributed by atoms with Crippen molar-refractivity contribution in [2.45, 2.75) is 91.1 Å². The molecule has 0 aliphatic heterocycles. The molecular formula is C33H41F2N3O5Si. The first kappa shape index (κ1) is 31.9. The molecule has 44 heavy (non-hydrogen) atoms. The summed E-state index contributed by atoms with van der Waals surface area (Å²) in [6, 6.07) is 15.7. The third kappa shape index (κ3) is 7.75. The summed E-state index contributed by atoms with van der Waals surface area (Å²) in [5, 5.41) is 5.00. The van der Waals surface area contributed by atoms with Gasteiger partial charge in [0.15, 0.2) is 11.5 Å². The van der Waals surface area contributed by atoms with Crippen LogP contribution in [-0.2, 0) is 29.5 Å². The van der Waals surface area contributed by atoms with Gasteiger partial charge in [0, 0.05) is 20.2 Å². The van der Waals surface area contributed by atoms with Gasteiger partial charge in [0.1, 0.15) is 13.5 Å². The van der Waals surface area contributed by atoms with Gasteiger partial charge in [-0.3, -0.25) is 4.79 Å². The van der Waals surface area contributed by atoms with E-state index in [0.29, 0.717) is 29.7 Å². The van der Waals surface area contributed by atoms with Crippen LogP contribution in [0.3, 0.4) is 0 Å². The molecule has 2 heterocycles. The maximum Gasteiger partial charge on any atom is 0.387 e. The smallest absolute Gasteiger partial charge is 0.387 e. The molecule has 4 aromatic rings. The first-order chi connectivity index (χ1) is 21.0. The number of benzene rings is 2. The second-order valence-corrected chi connectivity index (χ2v) is 18.3. The normalized spacial score (nSPS) is 13.8. The van der Waals surface area contributed by atoms with E-state index in [2.05, 4.69) is 24.7 Å². The molecule has 1 aliphatic rings. The molecule has 0 saturated heterocycles. The van der Waals surface area contributed by atoms with Crippen molar-refractivity contribution in [2.24, 2.45) is 0 Å². The summed E-state index contributed by atoms with van der Waals surface area (Å²) in [7, 11) is -1.29.